The Morgan fingerprint density at radius 3 is 2.44 bits per heavy atom. The first-order valence-electron chi connectivity index (χ1n) is 5.41. The maximum atomic E-state index is 11.9. The van der Waals surface area contributed by atoms with Crippen molar-refractivity contribution in [3.8, 4) is 0 Å². The molecule has 0 heterocycles. The summed E-state index contributed by atoms with van der Waals surface area (Å²) in [7, 11) is 0. The lowest BCUT2D eigenvalue weighted by Crippen LogP contribution is -2.20. The lowest BCUT2D eigenvalue weighted by Gasteiger charge is -2.06. The van der Waals surface area contributed by atoms with Crippen LogP contribution in [0.4, 0.5) is 13.2 Å². The van der Waals surface area contributed by atoms with Crippen molar-refractivity contribution in [2.45, 2.75) is 25.1 Å². The molecule has 0 aliphatic heterocycles. The lowest BCUT2D eigenvalue weighted by atomic mass is 10.1. The van der Waals surface area contributed by atoms with Crippen LogP contribution in [0.5, 0.6) is 0 Å². The Kier molecular flexibility index (Phi) is 5.09. The van der Waals surface area contributed by atoms with Gasteiger partial charge in [-0.15, -0.1) is 0 Å². The first-order chi connectivity index (χ1) is 8.39. The van der Waals surface area contributed by atoms with Crippen molar-refractivity contribution in [3.63, 3.8) is 0 Å². The van der Waals surface area contributed by atoms with E-state index >= 15 is 0 Å². The number of rotatable bonds is 5. The van der Waals surface area contributed by atoms with Gasteiger partial charge in [0, 0.05) is 0 Å². The van der Waals surface area contributed by atoms with Gasteiger partial charge in [0.1, 0.15) is 0 Å². The summed E-state index contributed by atoms with van der Waals surface area (Å²) in [4.78, 5) is 10.5. The molecule has 0 saturated carbocycles. The van der Waals surface area contributed by atoms with Gasteiger partial charge in [-0.25, -0.2) is 0 Å². The number of aryl methyl sites for hydroxylation is 1. The highest BCUT2D eigenvalue weighted by atomic mass is 19.4. The van der Waals surface area contributed by atoms with Crippen molar-refractivity contribution in [1.82, 2.24) is 0 Å². The van der Waals surface area contributed by atoms with Crippen molar-refractivity contribution >= 4 is 5.78 Å². The van der Waals surface area contributed by atoms with E-state index in [-0.39, 0.29) is 6.42 Å². The topological polar surface area (TPSA) is 37.3 Å². The lowest BCUT2D eigenvalue weighted by molar-refractivity contribution is -0.165. The zero-order chi connectivity index (χ0) is 13.6. The van der Waals surface area contributed by atoms with E-state index in [9.17, 15) is 23.1 Å². The normalized spacial score (nSPS) is 13.8. The van der Waals surface area contributed by atoms with Crippen molar-refractivity contribution in [3.05, 3.63) is 48.0 Å². The SMILES string of the molecule is O=C(/C=C/C(O)CCc1ccccc1)C(F)(F)F. The summed E-state index contributed by atoms with van der Waals surface area (Å²) >= 11 is 0. The van der Waals surface area contributed by atoms with Crippen LogP contribution in [0.25, 0.3) is 0 Å². The minimum atomic E-state index is -4.88. The van der Waals surface area contributed by atoms with Gasteiger partial charge in [0.2, 0.25) is 0 Å². The Bertz CT molecular complexity index is 410. The molecule has 0 bridgehead atoms. The summed E-state index contributed by atoms with van der Waals surface area (Å²) in [5.41, 5.74) is 0.979. The molecule has 0 spiro atoms. The van der Waals surface area contributed by atoms with Crippen molar-refractivity contribution in [2.24, 2.45) is 0 Å². The van der Waals surface area contributed by atoms with Crippen LogP contribution < -0.4 is 0 Å². The molecule has 0 radical (unpaired) electrons. The fourth-order valence-electron chi connectivity index (χ4n) is 1.35. The van der Waals surface area contributed by atoms with Crippen molar-refractivity contribution < 1.29 is 23.1 Å². The van der Waals surface area contributed by atoms with E-state index in [1.165, 1.54) is 0 Å². The number of allylic oxidation sites excluding steroid dienone is 1. The minimum Gasteiger partial charge on any atom is -0.389 e. The molecular formula is C13H13F3O2. The third-order valence-electron chi connectivity index (χ3n) is 2.32. The Hall–Kier alpha value is -1.62. The Morgan fingerprint density at radius 2 is 1.89 bits per heavy atom. The second-order valence-corrected chi connectivity index (χ2v) is 3.81. The van der Waals surface area contributed by atoms with Gasteiger partial charge in [0.15, 0.2) is 0 Å². The molecule has 0 fully saturated rings. The van der Waals surface area contributed by atoms with Gasteiger partial charge in [-0.1, -0.05) is 36.4 Å². The number of hydrogen-bond acceptors (Lipinski definition) is 2. The van der Waals surface area contributed by atoms with Crippen LogP contribution in [0.1, 0.15) is 12.0 Å². The van der Waals surface area contributed by atoms with Crippen LogP contribution in [-0.4, -0.2) is 23.2 Å². The van der Waals surface area contributed by atoms with E-state index in [2.05, 4.69) is 0 Å². The van der Waals surface area contributed by atoms with E-state index < -0.39 is 18.1 Å². The molecule has 1 aromatic carbocycles. The summed E-state index contributed by atoms with van der Waals surface area (Å²) in [5.74, 6) is -1.96. The van der Waals surface area contributed by atoms with Crippen LogP contribution in [0, 0.1) is 0 Å². The van der Waals surface area contributed by atoms with Crippen LogP contribution in [-0.2, 0) is 11.2 Å². The molecule has 1 N–H and O–H groups in total. The fraction of sp³-hybridized carbons (Fsp3) is 0.308. The van der Waals surface area contributed by atoms with Crippen LogP contribution in [0.15, 0.2) is 42.5 Å². The second-order valence-electron chi connectivity index (χ2n) is 3.81. The van der Waals surface area contributed by atoms with E-state index in [1.54, 1.807) is 0 Å². The fourth-order valence-corrected chi connectivity index (χ4v) is 1.35. The van der Waals surface area contributed by atoms with E-state index in [4.69, 9.17) is 0 Å². The Balaban J connectivity index is 2.41. The van der Waals surface area contributed by atoms with E-state index in [0.717, 1.165) is 11.6 Å². The number of ketones is 1. The third kappa shape index (κ3) is 5.14. The first-order valence-corrected chi connectivity index (χ1v) is 5.41. The molecule has 0 aliphatic rings. The average Bonchev–Trinajstić information content (AvgIpc) is 2.33. The molecule has 1 rings (SSSR count). The number of benzene rings is 1. The number of aliphatic hydroxyl groups is 1. The number of halogens is 3. The zero-order valence-corrected chi connectivity index (χ0v) is 9.52. The predicted molar refractivity (Wildman–Crippen MR) is 61.0 cm³/mol. The molecule has 0 amide bonds. The molecule has 0 aromatic heterocycles. The van der Waals surface area contributed by atoms with E-state index in [1.807, 2.05) is 30.3 Å². The highest BCUT2D eigenvalue weighted by Gasteiger charge is 2.36. The van der Waals surface area contributed by atoms with Gasteiger partial charge in [-0.2, -0.15) is 13.2 Å². The van der Waals surface area contributed by atoms with Gasteiger partial charge in [0.05, 0.1) is 6.10 Å². The Labute approximate surface area is 103 Å². The van der Waals surface area contributed by atoms with Crippen molar-refractivity contribution in [2.75, 3.05) is 0 Å². The molecule has 1 unspecified atom stereocenters. The predicted octanol–water partition coefficient (Wildman–Crippen LogP) is 2.67. The second kappa shape index (κ2) is 6.35. The summed E-state index contributed by atoms with van der Waals surface area (Å²) in [5, 5.41) is 9.42. The molecule has 0 saturated heterocycles. The molecule has 18 heavy (non-hydrogen) atoms. The monoisotopic (exact) mass is 258 g/mol. The van der Waals surface area contributed by atoms with Gasteiger partial charge >= 0.3 is 6.18 Å². The first kappa shape index (κ1) is 14.4. The summed E-state index contributed by atoms with van der Waals surface area (Å²) in [6.45, 7) is 0. The number of hydrogen-bond donors (Lipinski definition) is 1. The van der Waals surface area contributed by atoms with Gasteiger partial charge in [0.25, 0.3) is 5.78 Å². The van der Waals surface area contributed by atoms with Crippen LogP contribution in [0.2, 0.25) is 0 Å². The molecule has 0 aliphatic carbocycles. The largest absolute Gasteiger partial charge is 0.454 e. The third-order valence-corrected chi connectivity index (χ3v) is 2.32. The van der Waals surface area contributed by atoms with Gasteiger partial charge in [-0.3, -0.25) is 4.79 Å². The zero-order valence-electron chi connectivity index (χ0n) is 9.52. The smallest absolute Gasteiger partial charge is 0.389 e. The minimum absolute atomic E-state index is 0.269. The molecule has 5 heteroatoms. The molecule has 1 aromatic rings. The summed E-state index contributed by atoms with van der Waals surface area (Å²) < 4.78 is 35.6. The van der Waals surface area contributed by atoms with Crippen molar-refractivity contribution in [1.29, 1.82) is 0 Å². The van der Waals surface area contributed by atoms with E-state index in [0.29, 0.717) is 12.5 Å². The molecule has 2 nitrogen and oxygen atoms in total. The van der Waals surface area contributed by atoms with Crippen LogP contribution in [0.3, 0.4) is 0 Å². The highest BCUT2D eigenvalue weighted by Crippen LogP contribution is 2.16. The maximum Gasteiger partial charge on any atom is 0.454 e. The number of aliphatic hydroxyl groups excluding tert-OH is 1. The molecular weight excluding hydrogens is 245 g/mol. The van der Waals surface area contributed by atoms with Gasteiger partial charge in [-0.05, 0) is 24.5 Å². The number of carbonyl (C=O) groups is 1. The quantitative estimate of drug-likeness (QED) is 0.824. The number of carbonyl (C=O) groups excluding carboxylic acids is 1. The average molecular weight is 258 g/mol. The number of alkyl halides is 3. The van der Waals surface area contributed by atoms with Gasteiger partial charge < -0.3 is 5.11 Å². The molecule has 1 atom stereocenters. The summed E-state index contributed by atoms with van der Waals surface area (Å²) in [6, 6.07) is 9.24. The maximum absolute atomic E-state index is 11.9. The standard InChI is InChI=1S/C13H13F3O2/c14-13(15,16)12(18)9-8-11(17)7-6-10-4-2-1-3-5-10/h1-5,8-9,11,17H,6-7H2/b9-8+. The summed E-state index contributed by atoms with van der Waals surface area (Å²) in [6.07, 6.45) is -3.89. The highest BCUT2D eigenvalue weighted by molar-refractivity contribution is 5.94. The molecule has 98 valence electrons. The van der Waals surface area contributed by atoms with Crippen LogP contribution >= 0.6 is 0 Å². The Morgan fingerprint density at radius 1 is 1.28 bits per heavy atom.